The number of fused-ring (bicyclic) bond motifs is 1. The van der Waals surface area contributed by atoms with Gasteiger partial charge in [-0.1, -0.05) is 41.9 Å². The SMILES string of the molecule is O=C(CNC(=O)c1c[nH]c2ccccc12)Nc1ccccc1Cl. The monoisotopic (exact) mass is 327 g/mol. The van der Waals surface area contributed by atoms with Crippen LogP contribution >= 0.6 is 11.6 Å². The van der Waals surface area contributed by atoms with Crippen LogP contribution in [0.25, 0.3) is 10.9 Å². The fraction of sp³-hybridized carbons (Fsp3) is 0.0588. The lowest BCUT2D eigenvalue weighted by molar-refractivity contribution is -0.115. The minimum absolute atomic E-state index is 0.135. The van der Waals surface area contributed by atoms with E-state index in [0.717, 1.165) is 10.9 Å². The molecule has 0 aliphatic carbocycles. The Morgan fingerprint density at radius 3 is 2.61 bits per heavy atom. The molecule has 6 heteroatoms. The van der Waals surface area contributed by atoms with Crippen molar-refractivity contribution in [1.82, 2.24) is 10.3 Å². The van der Waals surface area contributed by atoms with Gasteiger partial charge >= 0.3 is 0 Å². The lowest BCUT2D eigenvalue weighted by atomic mass is 10.1. The van der Waals surface area contributed by atoms with E-state index in [1.807, 2.05) is 24.3 Å². The van der Waals surface area contributed by atoms with Crippen molar-refractivity contribution in [2.24, 2.45) is 0 Å². The van der Waals surface area contributed by atoms with E-state index in [-0.39, 0.29) is 18.4 Å². The maximum atomic E-state index is 12.2. The molecule has 2 aromatic carbocycles. The summed E-state index contributed by atoms with van der Waals surface area (Å²) in [4.78, 5) is 27.1. The predicted molar refractivity (Wildman–Crippen MR) is 90.7 cm³/mol. The van der Waals surface area contributed by atoms with E-state index < -0.39 is 0 Å². The molecule has 1 heterocycles. The number of aromatic amines is 1. The zero-order chi connectivity index (χ0) is 16.2. The Balaban J connectivity index is 1.63. The highest BCUT2D eigenvalue weighted by molar-refractivity contribution is 6.33. The van der Waals surface area contributed by atoms with E-state index in [1.165, 1.54) is 0 Å². The van der Waals surface area contributed by atoms with Crippen LogP contribution < -0.4 is 10.6 Å². The fourth-order valence-corrected chi connectivity index (χ4v) is 2.46. The lowest BCUT2D eigenvalue weighted by Gasteiger charge is -2.08. The summed E-state index contributed by atoms with van der Waals surface area (Å²) < 4.78 is 0. The van der Waals surface area contributed by atoms with Gasteiger partial charge in [0.15, 0.2) is 0 Å². The molecule has 3 aromatic rings. The number of nitrogens with one attached hydrogen (secondary N) is 3. The van der Waals surface area contributed by atoms with Gasteiger partial charge in [0, 0.05) is 17.1 Å². The van der Waals surface area contributed by atoms with Gasteiger partial charge in [-0.2, -0.15) is 0 Å². The first-order chi connectivity index (χ1) is 11.1. The number of aromatic nitrogens is 1. The molecular formula is C17H14ClN3O2. The molecule has 0 atom stereocenters. The first-order valence-corrected chi connectivity index (χ1v) is 7.41. The average Bonchev–Trinajstić information content (AvgIpc) is 2.99. The van der Waals surface area contributed by atoms with Crippen molar-refractivity contribution in [2.75, 3.05) is 11.9 Å². The summed E-state index contributed by atoms with van der Waals surface area (Å²) in [6.07, 6.45) is 1.63. The van der Waals surface area contributed by atoms with Crippen LogP contribution in [0.5, 0.6) is 0 Å². The number of benzene rings is 2. The second-order valence-corrected chi connectivity index (χ2v) is 5.37. The number of halogens is 1. The summed E-state index contributed by atoms with van der Waals surface area (Å²) in [5, 5.41) is 6.52. The molecule has 23 heavy (non-hydrogen) atoms. The summed E-state index contributed by atoms with van der Waals surface area (Å²) in [5.74, 6) is -0.650. The smallest absolute Gasteiger partial charge is 0.253 e. The van der Waals surface area contributed by atoms with E-state index in [9.17, 15) is 9.59 Å². The van der Waals surface area contributed by atoms with Crippen molar-refractivity contribution in [3.8, 4) is 0 Å². The Bertz CT molecular complexity index is 873. The number of anilines is 1. The average molecular weight is 328 g/mol. The van der Waals surface area contributed by atoms with Crippen molar-refractivity contribution >= 4 is 40.0 Å². The Hall–Kier alpha value is -2.79. The molecule has 0 aliphatic rings. The summed E-state index contributed by atoms with van der Waals surface area (Å²) in [7, 11) is 0. The Kier molecular flexibility index (Phi) is 4.30. The zero-order valence-corrected chi connectivity index (χ0v) is 12.9. The van der Waals surface area contributed by atoms with Crippen molar-refractivity contribution in [3.63, 3.8) is 0 Å². The molecule has 5 nitrogen and oxygen atoms in total. The van der Waals surface area contributed by atoms with Gasteiger partial charge < -0.3 is 15.6 Å². The van der Waals surface area contributed by atoms with Crippen molar-refractivity contribution < 1.29 is 9.59 Å². The normalized spacial score (nSPS) is 10.5. The first-order valence-electron chi connectivity index (χ1n) is 7.04. The standard InChI is InChI=1S/C17H14ClN3O2/c18-13-6-2-4-8-15(13)21-16(22)10-20-17(23)12-9-19-14-7-3-1-5-11(12)14/h1-9,19H,10H2,(H,20,23)(H,21,22). The van der Waals surface area contributed by atoms with E-state index in [2.05, 4.69) is 15.6 Å². The van der Waals surface area contributed by atoms with Gasteiger partial charge in [0.25, 0.3) is 5.91 Å². The molecule has 0 saturated heterocycles. The van der Waals surface area contributed by atoms with Gasteiger partial charge in [0.05, 0.1) is 22.8 Å². The van der Waals surface area contributed by atoms with E-state index in [0.29, 0.717) is 16.3 Å². The lowest BCUT2D eigenvalue weighted by Crippen LogP contribution is -2.32. The molecule has 3 N–H and O–H groups in total. The number of carbonyl (C=O) groups is 2. The molecule has 0 saturated carbocycles. The summed E-state index contributed by atoms with van der Waals surface area (Å²) in [6.45, 7) is -0.135. The molecule has 3 rings (SSSR count). The van der Waals surface area contributed by atoms with Gasteiger partial charge in [-0.25, -0.2) is 0 Å². The van der Waals surface area contributed by atoms with Gasteiger partial charge in [-0.05, 0) is 18.2 Å². The van der Waals surface area contributed by atoms with E-state index in [1.54, 1.807) is 30.5 Å². The largest absolute Gasteiger partial charge is 0.360 e. The summed E-state index contributed by atoms with van der Waals surface area (Å²) in [5.41, 5.74) is 1.89. The summed E-state index contributed by atoms with van der Waals surface area (Å²) >= 11 is 5.97. The Morgan fingerprint density at radius 1 is 1.04 bits per heavy atom. The molecule has 0 radical (unpaired) electrons. The van der Waals surface area contributed by atoms with E-state index in [4.69, 9.17) is 11.6 Å². The molecule has 0 spiro atoms. The van der Waals surface area contributed by atoms with E-state index >= 15 is 0 Å². The molecule has 0 aliphatic heterocycles. The van der Waals surface area contributed by atoms with Crippen LogP contribution in [-0.4, -0.2) is 23.3 Å². The van der Waals surface area contributed by atoms with Gasteiger partial charge in [0.2, 0.25) is 5.91 Å². The number of para-hydroxylation sites is 2. The minimum atomic E-state index is -0.341. The fourth-order valence-electron chi connectivity index (χ4n) is 2.27. The molecule has 2 amide bonds. The third kappa shape index (κ3) is 3.35. The molecule has 0 fully saturated rings. The predicted octanol–water partition coefficient (Wildman–Crippen LogP) is 3.19. The number of rotatable bonds is 4. The quantitative estimate of drug-likeness (QED) is 0.688. The van der Waals surface area contributed by atoms with Crippen molar-refractivity contribution in [3.05, 3.63) is 65.3 Å². The summed E-state index contributed by atoms with van der Waals surface area (Å²) in [6, 6.07) is 14.4. The highest BCUT2D eigenvalue weighted by Gasteiger charge is 2.13. The van der Waals surface area contributed by atoms with Gasteiger partial charge in [0.1, 0.15) is 0 Å². The van der Waals surface area contributed by atoms with Crippen LogP contribution in [0.1, 0.15) is 10.4 Å². The number of carbonyl (C=O) groups excluding carboxylic acids is 2. The van der Waals surface area contributed by atoms with Crippen LogP contribution in [0.4, 0.5) is 5.69 Å². The Labute approximate surface area is 137 Å². The maximum absolute atomic E-state index is 12.2. The van der Waals surface area contributed by atoms with Crippen molar-refractivity contribution in [2.45, 2.75) is 0 Å². The van der Waals surface area contributed by atoms with Crippen LogP contribution in [0, 0.1) is 0 Å². The third-order valence-corrected chi connectivity index (χ3v) is 3.72. The van der Waals surface area contributed by atoms with Crippen LogP contribution in [0.3, 0.4) is 0 Å². The maximum Gasteiger partial charge on any atom is 0.253 e. The molecule has 0 bridgehead atoms. The zero-order valence-electron chi connectivity index (χ0n) is 12.1. The highest BCUT2D eigenvalue weighted by Crippen LogP contribution is 2.20. The molecular weight excluding hydrogens is 314 g/mol. The second-order valence-electron chi connectivity index (χ2n) is 4.96. The third-order valence-electron chi connectivity index (χ3n) is 3.39. The minimum Gasteiger partial charge on any atom is -0.360 e. The number of H-pyrrole nitrogens is 1. The topological polar surface area (TPSA) is 74.0 Å². The second kappa shape index (κ2) is 6.54. The number of amides is 2. The number of hydrogen-bond donors (Lipinski definition) is 3. The molecule has 116 valence electrons. The molecule has 1 aromatic heterocycles. The first kappa shape index (κ1) is 15.1. The van der Waals surface area contributed by atoms with Gasteiger partial charge in [-0.15, -0.1) is 0 Å². The number of hydrogen-bond acceptors (Lipinski definition) is 2. The Morgan fingerprint density at radius 2 is 1.78 bits per heavy atom. The molecule has 0 unspecified atom stereocenters. The van der Waals surface area contributed by atoms with Crippen LogP contribution in [0.2, 0.25) is 5.02 Å². The van der Waals surface area contributed by atoms with Crippen LogP contribution in [0.15, 0.2) is 54.7 Å². The van der Waals surface area contributed by atoms with Crippen molar-refractivity contribution in [1.29, 1.82) is 0 Å². The van der Waals surface area contributed by atoms with Crippen LogP contribution in [-0.2, 0) is 4.79 Å². The highest BCUT2D eigenvalue weighted by atomic mass is 35.5. The van der Waals surface area contributed by atoms with Gasteiger partial charge in [-0.3, -0.25) is 9.59 Å².